The summed E-state index contributed by atoms with van der Waals surface area (Å²) in [6.45, 7) is 5.45. The van der Waals surface area contributed by atoms with Crippen LogP contribution < -0.4 is 11.2 Å². The van der Waals surface area contributed by atoms with Gasteiger partial charge in [0.25, 0.3) is 5.56 Å². The average molecular weight is 403 g/mol. The van der Waals surface area contributed by atoms with Gasteiger partial charge in [-0.1, -0.05) is 36.2 Å². The van der Waals surface area contributed by atoms with E-state index in [-0.39, 0.29) is 29.5 Å². The van der Waals surface area contributed by atoms with Crippen molar-refractivity contribution in [1.29, 1.82) is 0 Å². The van der Waals surface area contributed by atoms with Gasteiger partial charge in [0.05, 0.1) is 5.69 Å². The summed E-state index contributed by atoms with van der Waals surface area (Å²) in [6.07, 6.45) is 0.301. The molecule has 0 unspecified atom stereocenters. The summed E-state index contributed by atoms with van der Waals surface area (Å²) in [6, 6.07) is 12.7. The highest BCUT2D eigenvalue weighted by molar-refractivity contribution is 6.08. The molecular weight excluding hydrogens is 382 g/mol. The number of aromatic amines is 1. The first-order valence-corrected chi connectivity index (χ1v) is 9.70. The molecule has 0 aliphatic heterocycles. The van der Waals surface area contributed by atoms with Crippen LogP contribution in [-0.4, -0.2) is 20.3 Å². The van der Waals surface area contributed by atoms with E-state index in [9.17, 15) is 14.4 Å². The summed E-state index contributed by atoms with van der Waals surface area (Å²) >= 11 is 0. The molecule has 152 valence electrons. The van der Waals surface area contributed by atoms with Gasteiger partial charge < -0.3 is 9.40 Å². The molecule has 0 spiro atoms. The lowest BCUT2D eigenvalue weighted by molar-refractivity contribution is 0.103. The zero-order valence-corrected chi connectivity index (χ0v) is 17.0. The molecule has 2 aromatic carbocycles. The third-order valence-corrected chi connectivity index (χ3v) is 4.98. The van der Waals surface area contributed by atoms with Crippen molar-refractivity contribution in [2.24, 2.45) is 0 Å². The van der Waals surface area contributed by atoms with Crippen molar-refractivity contribution in [2.75, 3.05) is 0 Å². The van der Waals surface area contributed by atoms with Gasteiger partial charge in [-0.15, -0.1) is 0 Å². The molecule has 0 fully saturated rings. The summed E-state index contributed by atoms with van der Waals surface area (Å²) in [5.41, 5.74) is 2.63. The van der Waals surface area contributed by atoms with Crippen LogP contribution in [0.4, 0.5) is 0 Å². The number of fused-ring (bicyclic) bond motifs is 1. The Morgan fingerprint density at radius 3 is 2.47 bits per heavy atom. The molecule has 0 bridgehead atoms. The van der Waals surface area contributed by atoms with Gasteiger partial charge in [-0.3, -0.25) is 14.2 Å². The van der Waals surface area contributed by atoms with Gasteiger partial charge in [-0.25, -0.2) is 9.78 Å². The van der Waals surface area contributed by atoms with Crippen LogP contribution in [0.2, 0.25) is 0 Å². The standard InChI is InChI=1S/C23H21N3O4/c1-4-16-20(21(27)15-10-13(2)9-14(3)11-15)25-23(29)26(22(16)28)12-19-24-17-7-5-6-8-18(17)30-19/h5-11H,4,12H2,1-3H3,(H,25,29). The number of nitrogens with one attached hydrogen (secondary N) is 1. The predicted molar refractivity (Wildman–Crippen MR) is 113 cm³/mol. The second-order valence-corrected chi connectivity index (χ2v) is 7.31. The Kier molecular flexibility index (Phi) is 4.95. The summed E-state index contributed by atoms with van der Waals surface area (Å²) in [4.78, 5) is 45.8. The number of nitrogens with zero attached hydrogens (tertiary/aromatic N) is 2. The van der Waals surface area contributed by atoms with E-state index in [0.29, 0.717) is 23.1 Å². The number of hydrogen-bond acceptors (Lipinski definition) is 5. The van der Waals surface area contributed by atoms with Crippen molar-refractivity contribution in [3.8, 4) is 0 Å². The maximum absolute atomic E-state index is 13.1. The van der Waals surface area contributed by atoms with Crippen molar-refractivity contribution in [3.05, 3.63) is 97.1 Å². The van der Waals surface area contributed by atoms with Crippen molar-refractivity contribution in [3.63, 3.8) is 0 Å². The lowest BCUT2D eigenvalue weighted by atomic mass is 9.99. The maximum Gasteiger partial charge on any atom is 0.329 e. The summed E-state index contributed by atoms with van der Waals surface area (Å²) in [5, 5.41) is 0. The van der Waals surface area contributed by atoms with Crippen LogP contribution in [0, 0.1) is 13.8 Å². The van der Waals surface area contributed by atoms with Gasteiger partial charge in [-0.05, 0) is 44.5 Å². The Labute approximate surface area is 172 Å². The van der Waals surface area contributed by atoms with E-state index < -0.39 is 11.2 Å². The number of oxazole rings is 1. The summed E-state index contributed by atoms with van der Waals surface area (Å²) < 4.78 is 6.65. The molecule has 0 radical (unpaired) electrons. The van der Waals surface area contributed by atoms with Gasteiger partial charge in [0.2, 0.25) is 11.7 Å². The highest BCUT2D eigenvalue weighted by Crippen LogP contribution is 2.16. The molecule has 2 aromatic heterocycles. The number of ketones is 1. The average Bonchev–Trinajstić information content (AvgIpc) is 3.12. The number of aromatic nitrogens is 3. The number of aryl methyl sites for hydroxylation is 2. The first-order chi connectivity index (χ1) is 14.4. The fourth-order valence-electron chi connectivity index (χ4n) is 3.65. The van der Waals surface area contributed by atoms with E-state index in [1.54, 1.807) is 31.2 Å². The molecule has 0 atom stereocenters. The Balaban J connectivity index is 1.79. The van der Waals surface area contributed by atoms with Crippen molar-refractivity contribution in [1.82, 2.24) is 14.5 Å². The smallest absolute Gasteiger partial charge is 0.329 e. The minimum Gasteiger partial charge on any atom is -0.439 e. The number of para-hydroxylation sites is 2. The van der Waals surface area contributed by atoms with Crippen molar-refractivity contribution in [2.45, 2.75) is 33.7 Å². The van der Waals surface area contributed by atoms with Crippen LogP contribution in [0.3, 0.4) is 0 Å². The lowest BCUT2D eigenvalue weighted by Gasteiger charge is -2.11. The van der Waals surface area contributed by atoms with Crippen LogP contribution >= 0.6 is 0 Å². The highest BCUT2D eigenvalue weighted by Gasteiger charge is 2.21. The molecule has 4 aromatic rings. The molecule has 0 amide bonds. The fourth-order valence-corrected chi connectivity index (χ4v) is 3.65. The molecular formula is C23H21N3O4. The number of carbonyl (C=O) groups excluding carboxylic acids is 1. The first kappa shape index (κ1) is 19.6. The number of rotatable bonds is 5. The topological polar surface area (TPSA) is 98.0 Å². The molecule has 0 saturated heterocycles. The minimum absolute atomic E-state index is 0.0336. The van der Waals surface area contributed by atoms with Crippen LogP contribution in [-0.2, 0) is 13.0 Å². The van der Waals surface area contributed by atoms with E-state index in [0.717, 1.165) is 15.7 Å². The maximum atomic E-state index is 13.1. The lowest BCUT2D eigenvalue weighted by Crippen LogP contribution is -2.40. The first-order valence-electron chi connectivity index (χ1n) is 9.70. The minimum atomic E-state index is -0.674. The van der Waals surface area contributed by atoms with Gasteiger partial charge in [0.1, 0.15) is 12.1 Å². The molecule has 7 heteroatoms. The van der Waals surface area contributed by atoms with E-state index in [4.69, 9.17) is 4.42 Å². The van der Waals surface area contributed by atoms with E-state index in [2.05, 4.69) is 9.97 Å². The zero-order chi connectivity index (χ0) is 21.4. The summed E-state index contributed by atoms with van der Waals surface area (Å²) in [5.74, 6) is -0.124. The van der Waals surface area contributed by atoms with Crippen LogP contribution in [0.5, 0.6) is 0 Å². The number of hydrogen-bond donors (Lipinski definition) is 1. The van der Waals surface area contributed by atoms with Crippen molar-refractivity contribution >= 4 is 16.9 Å². The molecule has 4 rings (SSSR count). The van der Waals surface area contributed by atoms with Crippen LogP contribution in [0.15, 0.2) is 56.5 Å². The quantitative estimate of drug-likeness (QED) is 0.516. The third-order valence-electron chi connectivity index (χ3n) is 4.98. The second-order valence-electron chi connectivity index (χ2n) is 7.31. The largest absolute Gasteiger partial charge is 0.439 e. The zero-order valence-electron chi connectivity index (χ0n) is 17.0. The third kappa shape index (κ3) is 3.50. The Bertz CT molecular complexity index is 1340. The molecule has 30 heavy (non-hydrogen) atoms. The Morgan fingerprint density at radius 2 is 1.80 bits per heavy atom. The number of benzene rings is 2. The normalized spacial score (nSPS) is 11.2. The SMILES string of the molecule is CCc1c(C(=O)c2cc(C)cc(C)c2)[nH]c(=O)n(Cc2nc3ccccc3o2)c1=O. The molecule has 1 N–H and O–H groups in total. The van der Waals surface area contributed by atoms with Crippen LogP contribution in [0.1, 0.15) is 45.6 Å². The van der Waals surface area contributed by atoms with Gasteiger partial charge in [-0.2, -0.15) is 0 Å². The van der Waals surface area contributed by atoms with E-state index in [1.165, 1.54) is 0 Å². The molecule has 0 aliphatic rings. The fraction of sp³-hybridized carbons (Fsp3) is 0.217. The second kappa shape index (κ2) is 7.59. The Hall–Kier alpha value is -3.74. The molecule has 2 heterocycles. The molecule has 0 aliphatic carbocycles. The van der Waals surface area contributed by atoms with Gasteiger partial charge in [0, 0.05) is 11.1 Å². The van der Waals surface area contributed by atoms with E-state index >= 15 is 0 Å². The molecule has 0 saturated carbocycles. The summed E-state index contributed by atoms with van der Waals surface area (Å²) in [7, 11) is 0. The van der Waals surface area contributed by atoms with Crippen LogP contribution in [0.25, 0.3) is 11.1 Å². The monoisotopic (exact) mass is 403 g/mol. The number of H-pyrrole nitrogens is 1. The van der Waals surface area contributed by atoms with E-state index in [1.807, 2.05) is 32.0 Å². The number of carbonyl (C=O) groups is 1. The Morgan fingerprint density at radius 1 is 1.10 bits per heavy atom. The van der Waals surface area contributed by atoms with Gasteiger partial charge >= 0.3 is 5.69 Å². The highest BCUT2D eigenvalue weighted by atomic mass is 16.3. The van der Waals surface area contributed by atoms with Gasteiger partial charge in [0.15, 0.2) is 5.58 Å². The molecule has 7 nitrogen and oxygen atoms in total. The predicted octanol–water partition coefficient (Wildman–Crippen LogP) is 3.14. The van der Waals surface area contributed by atoms with Crippen molar-refractivity contribution < 1.29 is 9.21 Å².